The van der Waals surface area contributed by atoms with Crippen LogP contribution in [0.3, 0.4) is 0 Å². The second kappa shape index (κ2) is 4.37. The Morgan fingerprint density at radius 2 is 2.00 bits per heavy atom. The van der Waals surface area contributed by atoms with Gasteiger partial charge in [-0.1, -0.05) is 0 Å². The van der Waals surface area contributed by atoms with Gasteiger partial charge in [0.15, 0.2) is 0 Å². The number of anilines is 1. The van der Waals surface area contributed by atoms with E-state index in [1.807, 2.05) is 6.92 Å². The molecule has 0 fully saturated rings. The first-order valence-corrected chi connectivity index (χ1v) is 5.09. The van der Waals surface area contributed by atoms with E-state index in [0.29, 0.717) is 17.2 Å². The normalized spacial score (nSPS) is 10.3. The van der Waals surface area contributed by atoms with Crippen molar-refractivity contribution in [3.8, 4) is 11.6 Å². The maximum Gasteiger partial charge on any atom is 0.226 e. The Balaban J connectivity index is 2.31. The number of benzene rings is 1. The molecular weight excluding hydrogens is 221 g/mol. The molecule has 0 radical (unpaired) electrons. The number of nitrogens with zero attached hydrogens (tertiary/aromatic N) is 2. The van der Waals surface area contributed by atoms with E-state index in [2.05, 4.69) is 9.97 Å². The van der Waals surface area contributed by atoms with E-state index in [9.17, 15) is 4.39 Å². The van der Waals surface area contributed by atoms with Gasteiger partial charge in [-0.3, -0.25) is 0 Å². The molecule has 5 heteroatoms. The lowest BCUT2D eigenvalue weighted by atomic mass is 10.2. The molecule has 2 rings (SSSR count). The minimum absolute atomic E-state index is 0.143. The van der Waals surface area contributed by atoms with E-state index in [1.165, 1.54) is 6.07 Å². The third-order valence-electron chi connectivity index (χ3n) is 2.29. The highest BCUT2D eigenvalue weighted by Gasteiger charge is 2.06. The van der Waals surface area contributed by atoms with E-state index in [1.54, 1.807) is 25.3 Å². The number of aromatic nitrogens is 2. The first kappa shape index (κ1) is 11.3. The van der Waals surface area contributed by atoms with E-state index in [-0.39, 0.29) is 11.8 Å². The molecule has 0 aliphatic rings. The van der Waals surface area contributed by atoms with Gasteiger partial charge in [0.25, 0.3) is 0 Å². The topological polar surface area (TPSA) is 61.0 Å². The lowest BCUT2D eigenvalue weighted by molar-refractivity contribution is 0.456. The highest BCUT2D eigenvalue weighted by molar-refractivity contribution is 5.35. The van der Waals surface area contributed by atoms with Gasteiger partial charge >= 0.3 is 0 Å². The summed E-state index contributed by atoms with van der Waals surface area (Å²) in [4.78, 5) is 7.81. The van der Waals surface area contributed by atoms with Gasteiger partial charge in [0.05, 0.1) is 0 Å². The van der Waals surface area contributed by atoms with Crippen LogP contribution >= 0.6 is 0 Å². The highest BCUT2D eigenvalue weighted by atomic mass is 19.1. The quantitative estimate of drug-likeness (QED) is 0.866. The fourth-order valence-corrected chi connectivity index (χ4v) is 1.33. The molecule has 0 unspecified atom stereocenters. The molecular formula is C12H12FN3O. The molecule has 1 aromatic heterocycles. The summed E-state index contributed by atoms with van der Waals surface area (Å²) in [6.07, 6.45) is 1.58. The molecule has 1 heterocycles. The van der Waals surface area contributed by atoms with Crippen LogP contribution in [0.5, 0.6) is 11.6 Å². The van der Waals surface area contributed by atoms with E-state index < -0.39 is 0 Å². The zero-order valence-electron chi connectivity index (χ0n) is 9.57. The fourth-order valence-electron chi connectivity index (χ4n) is 1.33. The van der Waals surface area contributed by atoms with E-state index in [4.69, 9.17) is 10.5 Å². The van der Waals surface area contributed by atoms with Crippen LogP contribution in [0.25, 0.3) is 0 Å². The minimum atomic E-state index is -0.267. The Labute approximate surface area is 98.3 Å². The predicted molar refractivity (Wildman–Crippen MR) is 62.4 cm³/mol. The number of nitrogen functional groups attached to an aromatic ring is 1. The molecule has 17 heavy (non-hydrogen) atoms. The summed E-state index contributed by atoms with van der Waals surface area (Å²) in [7, 11) is 0. The SMILES string of the molecule is Cc1cc(Oc2nc(N)ncc2C)ccc1F. The summed E-state index contributed by atoms with van der Waals surface area (Å²) in [5.41, 5.74) is 6.75. The predicted octanol–water partition coefficient (Wildman–Crippen LogP) is 2.61. The summed E-state index contributed by atoms with van der Waals surface area (Å²) >= 11 is 0. The maximum atomic E-state index is 13.1. The molecule has 0 saturated carbocycles. The lowest BCUT2D eigenvalue weighted by Gasteiger charge is -2.08. The largest absolute Gasteiger partial charge is 0.439 e. The first-order chi connectivity index (χ1) is 8.06. The van der Waals surface area contributed by atoms with Crippen molar-refractivity contribution < 1.29 is 9.13 Å². The van der Waals surface area contributed by atoms with Crippen LogP contribution in [0, 0.1) is 19.7 Å². The Bertz CT molecular complexity index is 557. The van der Waals surface area contributed by atoms with Crippen molar-refractivity contribution in [1.82, 2.24) is 9.97 Å². The number of ether oxygens (including phenoxy) is 1. The van der Waals surface area contributed by atoms with Crippen molar-refractivity contribution in [2.24, 2.45) is 0 Å². The number of nitrogens with two attached hydrogens (primary N) is 1. The molecule has 0 aliphatic carbocycles. The van der Waals surface area contributed by atoms with Gasteiger partial charge in [0, 0.05) is 11.8 Å². The van der Waals surface area contributed by atoms with Crippen LogP contribution in [0.15, 0.2) is 24.4 Å². The summed E-state index contributed by atoms with van der Waals surface area (Å²) in [5, 5.41) is 0. The van der Waals surface area contributed by atoms with Crippen LogP contribution in [-0.2, 0) is 0 Å². The number of aryl methyl sites for hydroxylation is 2. The van der Waals surface area contributed by atoms with Gasteiger partial charge in [-0.05, 0) is 37.6 Å². The Hall–Kier alpha value is -2.17. The molecule has 0 aliphatic heterocycles. The van der Waals surface area contributed by atoms with E-state index in [0.717, 1.165) is 5.56 Å². The molecule has 4 nitrogen and oxygen atoms in total. The Morgan fingerprint density at radius 1 is 1.24 bits per heavy atom. The van der Waals surface area contributed by atoms with E-state index >= 15 is 0 Å². The van der Waals surface area contributed by atoms with Crippen LogP contribution in [-0.4, -0.2) is 9.97 Å². The van der Waals surface area contributed by atoms with Crippen molar-refractivity contribution >= 4 is 5.95 Å². The number of hydrogen-bond donors (Lipinski definition) is 1. The summed E-state index contributed by atoms with van der Waals surface area (Å²) < 4.78 is 18.6. The zero-order chi connectivity index (χ0) is 12.4. The molecule has 2 aromatic rings. The molecule has 0 amide bonds. The monoisotopic (exact) mass is 233 g/mol. The second-order valence-corrected chi connectivity index (χ2v) is 3.73. The van der Waals surface area contributed by atoms with Gasteiger partial charge in [0.1, 0.15) is 11.6 Å². The third kappa shape index (κ3) is 2.50. The van der Waals surface area contributed by atoms with Crippen LogP contribution < -0.4 is 10.5 Å². The molecule has 1 aromatic carbocycles. The molecule has 0 bridgehead atoms. The first-order valence-electron chi connectivity index (χ1n) is 5.09. The van der Waals surface area contributed by atoms with Crippen molar-refractivity contribution in [3.05, 3.63) is 41.3 Å². The van der Waals surface area contributed by atoms with Gasteiger partial charge in [0.2, 0.25) is 11.8 Å². The average molecular weight is 233 g/mol. The minimum Gasteiger partial charge on any atom is -0.439 e. The highest BCUT2D eigenvalue weighted by Crippen LogP contribution is 2.24. The smallest absolute Gasteiger partial charge is 0.226 e. The van der Waals surface area contributed by atoms with Crippen LogP contribution in [0.1, 0.15) is 11.1 Å². The molecule has 88 valence electrons. The van der Waals surface area contributed by atoms with Gasteiger partial charge in [-0.25, -0.2) is 9.37 Å². The van der Waals surface area contributed by atoms with Crippen molar-refractivity contribution in [2.45, 2.75) is 13.8 Å². The van der Waals surface area contributed by atoms with Crippen molar-refractivity contribution in [3.63, 3.8) is 0 Å². The third-order valence-corrected chi connectivity index (χ3v) is 2.29. The lowest BCUT2D eigenvalue weighted by Crippen LogP contribution is -1.99. The number of rotatable bonds is 2. The second-order valence-electron chi connectivity index (χ2n) is 3.73. The fraction of sp³-hybridized carbons (Fsp3) is 0.167. The Kier molecular flexibility index (Phi) is 2.91. The van der Waals surface area contributed by atoms with Gasteiger partial charge in [-0.15, -0.1) is 0 Å². The number of hydrogen-bond acceptors (Lipinski definition) is 4. The Morgan fingerprint density at radius 3 is 2.71 bits per heavy atom. The van der Waals surface area contributed by atoms with Crippen molar-refractivity contribution in [2.75, 3.05) is 5.73 Å². The zero-order valence-corrected chi connectivity index (χ0v) is 9.57. The van der Waals surface area contributed by atoms with Gasteiger partial charge in [-0.2, -0.15) is 4.98 Å². The molecule has 0 spiro atoms. The van der Waals surface area contributed by atoms with Crippen molar-refractivity contribution in [1.29, 1.82) is 0 Å². The van der Waals surface area contributed by atoms with Gasteiger partial charge < -0.3 is 10.5 Å². The average Bonchev–Trinajstić information content (AvgIpc) is 2.29. The molecule has 0 atom stereocenters. The summed E-state index contributed by atoms with van der Waals surface area (Å²) in [6.45, 7) is 3.48. The summed E-state index contributed by atoms with van der Waals surface area (Å²) in [6, 6.07) is 4.50. The van der Waals surface area contributed by atoms with Crippen LogP contribution in [0.2, 0.25) is 0 Å². The maximum absolute atomic E-state index is 13.1. The number of halogens is 1. The summed E-state index contributed by atoms with van der Waals surface area (Å²) in [5.74, 6) is 0.773. The van der Waals surface area contributed by atoms with Crippen LogP contribution in [0.4, 0.5) is 10.3 Å². The standard InChI is InChI=1S/C12H12FN3O/c1-7-5-9(3-4-10(7)13)17-11-8(2)6-15-12(14)16-11/h3-6H,1-2H3,(H2,14,15,16). The molecule has 2 N–H and O–H groups in total. The molecule has 0 saturated heterocycles.